The number of hydrogen-bond donors (Lipinski definition) is 2. The van der Waals surface area contributed by atoms with Crippen LogP contribution >= 0.6 is 0 Å². The second kappa shape index (κ2) is 7.79. The molecule has 1 amide bonds. The van der Waals surface area contributed by atoms with Gasteiger partial charge in [0.25, 0.3) is 0 Å². The Morgan fingerprint density at radius 2 is 2.00 bits per heavy atom. The molecule has 4 nitrogen and oxygen atoms in total. The molecule has 142 valence electrons. The van der Waals surface area contributed by atoms with Gasteiger partial charge in [0, 0.05) is 37.6 Å². The molecule has 1 aliphatic heterocycles. The molecule has 2 aromatic carbocycles. The van der Waals surface area contributed by atoms with Crippen molar-refractivity contribution in [2.75, 3.05) is 32.7 Å². The van der Waals surface area contributed by atoms with Crippen LogP contribution in [0, 0.1) is 5.82 Å². The molecule has 1 saturated heterocycles. The Labute approximate surface area is 159 Å². The summed E-state index contributed by atoms with van der Waals surface area (Å²) in [5, 5.41) is 6.49. The fourth-order valence-electron chi connectivity index (χ4n) is 4.00. The van der Waals surface area contributed by atoms with E-state index in [1.807, 2.05) is 12.1 Å². The van der Waals surface area contributed by atoms with Gasteiger partial charge in [-0.1, -0.05) is 42.5 Å². The van der Waals surface area contributed by atoms with Crippen LogP contribution in [-0.4, -0.2) is 43.5 Å². The molecule has 1 heterocycles. The van der Waals surface area contributed by atoms with Crippen LogP contribution < -0.4 is 10.6 Å². The maximum absolute atomic E-state index is 13.6. The third-order valence-electron chi connectivity index (χ3n) is 5.80. The van der Waals surface area contributed by atoms with Crippen LogP contribution in [0.2, 0.25) is 0 Å². The maximum Gasteiger partial charge on any atom is 0.234 e. The first kappa shape index (κ1) is 18.1. The molecule has 0 aromatic heterocycles. The highest BCUT2D eigenvalue weighted by Crippen LogP contribution is 2.47. The van der Waals surface area contributed by atoms with Crippen LogP contribution in [0.5, 0.6) is 0 Å². The Morgan fingerprint density at radius 1 is 1.19 bits per heavy atom. The number of amides is 1. The third-order valence-corrected chi connectivity index (χ3v) is 5.80. The zero-order chi connectivity index (χ0) is 18.7. The Kier molecular flexibility index (Phi) is 5.23. The number of nitrogens with one attached hydrogen (secondary N) is 2. The molecule has 2 aromatic rings. The van der Waals surface area contributed by atoms with Gasteiger partial charge in [0.15, 0.2) is 0 Å². The normalized spacial score (nSPS) is 21.6. The molecule has 5 heteroatoms. The summed E-state index contributed by atoms with van der Waals surface area (Å²) in [7, 11) is 0. The van der Waals surface area contributed by atoms with Crippen LogP contribution in [0.25, 0.3) is 0 Å². The van der Waals surface area contributed by atoms with Crippen molar-refractivity contribution in [2.24, 2.45) is 0 Å². The van der Waals surface area contributed by atoms with E-state index in [9.17, 15) is 9.18 Å². The highest BCUT2D eigenvalue weighted by atomic mass is 19.1. The molecule has 1 aliphatic carbocycles. The molecule has 0 radical (unpaired) electrons. The Hall–Kier alpha value is -2.24. The molecule has 4 rings (SSSR count). The van der Waals surface area contributed by atoms with Gasteiger partial charge in [0.1, 0.15) is 5.82 Å². The lowest BCUT2D eigenvalue weighted by Gasteiger charge is -2.36. The van der Waals surface area contributed by atoms with Crippen molar-refractivity contribution in [3.8, 4) is 0 Å². The van der Waals surface area contributed by atoms with Crippen molar-refractivity contribution in [2.45, 2.75) is 24.3 Å². The predicted octanol–water partition coefficient (Wildman–Crippen LogP) is 2.62. The van der Waals surface area contributed by atoms with Crippen molar-refractivity contribution >= 4 is 5.91 Å². The molecular formula is C22H26FN3O. The minimum Gasteiger partial charge on any atom is -0.354 e. The molecule has 27 heavy (non-hydrogen) atoms. The highest BCUT2D eigenvalue weighted by Gasteiger charge is 2.44. The molecule has 2 aliphatic rings. The standard InChI is InChI=1S/C22H26FN3O/c23-19-8-4-5-17(13-19)20-14-24-11-12-26(20)15-21(27)25-16-22(9-10-22)18-6-2-1-3-7-18/h1-8,13,20,24H,9-12,14-16H2,(H,25,27). The second-order valence-electron chi connectivity index (χ2n) is 7.67. The molecule has 2 fully saturated rings. The van der Waals surface area contributed by atoms with E-state index in [1.54, 1.807) is 12.1 Å². The first-order valence-corrected chi connectivity index (χ1v) is 9.69. The smallest absolute Gasteiger partial charge is 0.234 e. The minimum absolute atomic E-state index is 0.0178. The van der Waals surface area contributed by atoms with Crippen molar-refractivity contribution in [3.63, 3.8) is 0 Å². The number of halogens is 1. The summed E-state index contributed by atoms with van der Waals surface area (Å²) >= 11 is 0. The van der Waals surface area contributed by atoms with E-state index in [1.165, 1.54) is 11.6 Å². The molecule has 2 N–H and O–H groups in total. The van der Waals surface area contributed by atoms with Gasteiger partial charge in [-0.15, -0.1) is 0 Å². The van der Waals surface area contributed by atoms with Gasteiger partial charge in [-0.3, -0.25) is 9.69 Å². The van der Waals surface area contributed by atoms with Gasteiger partial charge in [0.05, 0.1) is 6.54 Å². The van der Waals surface area contributed by atoms with E-state index in [0.29, 0.717) is 13.1 Å². The van der Waals surface area contributed by atoms with Crippen LogP contribution in [0.15, 0.2) is 54.6 Å². The van der Waals surface area contributed by atoms with Gasteiger partial charge in [-0.25, -0.2) is 4.39 Å². The molecule has 1 saturated carbocycles. The summed E-state index contributed by atoms with van der Waals surface area (Å²) in [5.41, 5.74) is 2.34. The number of carbonyl (C=O) groups is 1. The summed E-state index contributed by atoms with van der Waals surface area (Å²) in [6, 6.07) is 17.1. The molecular weight excluding hydrogens is 341 g/mol. The van der Waals surface area contributed by atoms with E-state index >= 15 is 0 Å². The van der Waals surface area contributed by atoms with Gasteiger partial charge in [-0.05, 0) is 36.1 Å². The average molecular weight is 367 g/mol. The minimum atomic E-state index is -0.235. The van der Waals surface area contributed by atoms with Gasteiger partial charge < -0.3 is 10.6 Å². The highest BCUT2D eigenvalue weighted by molar-refractivity contribution is 5.78. The molecule has 0 spiro atoms. The van der Waals surface area contributed by atoms with Crippen molar-refractivity contribution < 1.29 is 9.18 Å². The number of piperazine rings is 1. The van der Waals surface area contributed by atoms with E-state index in [4.69, 9.17) is 0 Å². The average Bonchev–Trinajstić information content (AvgIpc) is 3.49. The Balaban J connectivity index is 1.37. The zero-order valence-electron chi connectivity index (χ0n) is 15.5. The third kappa shape index (κ3) is 4.20. The summed E-state index contributed by atoms with van der Waals surface area (Å²) in [6.07, 6.45) is 2.24. The lowest BCUT2D eigenvalue weighted by atomic mass is 9.96. The fourth-order valence-corrected chi connectivity index (χ4v) is 4.00. The fraction of sp³-hybridized carbons (Fsp3) is 0.409. The van der Waals surface area contributed by atoms with Gasteiger partial charge in [-0.2, -0.15) is 0 Å². The summed E-state index contributed by atoms with van der Waals surface area (Å²) in [6.45, 7) is 3.37. The van der Waals surface area contributed by atoms with E-state index in [2.05, 4.69) is 39.8 Å². The van der Waals surface area contributed by atoms with Crippen LogP contribution in [-0.2, 0) is 10.2 Å². The maximum atomic E-state index is 13.6. The van der Waals surface area contributed by atoms with Gasteiger partial charge >= 0.3 is 0 Å². The quantitative estimate of drug-likeness (QED) is 0.825. The summed E-state index contributed by atoms with van der Waals surface area (Å²) in [5.74, 6) is -0.193. The molecule has 0 bridgehead atoms. The predicted molar refractivity (Wildman–Crippen MR) is 104 cm³/mol. The largest absolute Gasteiger partial charge is 0.354 e. The zero-order valence-corrected chi connectivity index (χ0v) is 15.5. The first-order valence-electron chi connectivity index (χ1n) is 9.69. The molecule has 1 atom stereocenters. The first-order chi connectivity index (χ1) is 13.2. The molecule has 1 unspecified atom stereocenters. The SMILES string of the molecule is O=C(CN1CCNCC1c1cccc(F)c1)NCC1(c2ccccc2)CC1. The summed E-state index contributed by atoms with van der Waals surface area (Å²) in [4.78, 5) is 14.8. The van der Waals surface area contributed by atoms with E-state index < -0.39 is 0 Å². The number of rotatable bonds is 6. The number of benzene rings is 2. The lowest BCUT2D eigenvalue weighted by molar-refractivity contribution is -0.123. The number of carbonyl (C=O) groups excluding carboxylic acids is 1. The van der Waals surface area contributed by atoms with Crippen LogP contribution in [0.1, 0.15) is 30.0 Å². The topological polar surface area (TPSA) is 44.4 Å². The lowest BCUT2D eigenvalue weighted by Crippen LogP contribution is -2.50. The Bertz CT molecular complexity index is 791. The monoisotopic (exact) mass is 367 g/mol. The van der Waals surface area contributed by atoms with Crippen LogP contribution in [0.4, 0.5) is 4.39 Å². The van der Waals surface area contributed by atoms with Crippen molar-refractivity contribution in [1.29, 1.82) is 0 Å². The van der Waals surface area contributed by atoms with E-state index in [-0.39, 0.29) is 23.2 Å². The number of hydrogen-bond acceptors (Lipinski definition) is 3. The number of nitrogens with zero attached hydrogens (tertiary/aromatic N) is 1. The van der Waals surface area contributed by atoms with Gasteiger partial charge in [0.2, 0.25) is 5.91 Å². The van der Waals surface area contributed by atoms with E-state index in [0.717, 1.165) is 38.0 Å². The van der Waals surface area contributed by atoms with Crippen molar-refractivity contribution in [1.82, 2.24) is 15.5 Å². The van der Waals surface area contributed by atoms with Crippen LogP contribution in [0.3, 0.4) is 0 Å². The Morgan fingerprint density at radius 3 is 2.74 bits per heavy atom. The van der Waals surface area contributed by atoms with Crippen molar-refractivity contribution in [3.05, 3.63) is 71.5 Å². The summed E-state index contributed by atoms with van der Waals surface area (Å²) < 4.78 is 13.6. The second-order valence-corrected chi connectivity index (χ2v) is 7.67.